The van der Waals surface area contributed by atoms with Crippen molar-refractivity contribution < 1.29 is 4.79 Å². The lowest BCUT2D eigenvalue weighted by atomic mass is 9.80. The number of rotatable bonds is 5. The van der Waals surface area contributed by atoms with Gasteiger partial charge in [-0.3, -0.25) is 4.79 Å². The van der Waals surface area contributed by atoms with Crippen LogP contribution < -0.4 is 0 Å². The van der Waals surface area contributed by atoms with Crippen LogP contribution in [0.1, 0.15) is 59.3 Å². The Morgan fingerprint density at radius 2 is 2.07 bits per heavy atom. The number of hydrogen-bond acceptors (Lipinski definition) is 1. The minimum Gasteiger partial charge on any atom is -0.294 e. The van der Waals surface area contributed by atoms with Crippen molar-refractivity contribution in [3.05, 3.63) is 11.6 Å². The molecule has 0 aromatic rings. The standard InChI is InChI=1S/C14H24O/c1-4-5-6-7-8-13-9-11(2)14(15)12(3)10-13/h9,12-13H,4-8,10H2,1-3H3. The van der Waals surface area contributed by atoms with Crippen molar-refractivity contribution in [2.24, 2.45) is 11.8 Å². The predicted molar refractivity (Wildman–Crippen MR) is 64.8 cm³/mol. The number of carbonyl (C=O) groups is 1. The highest BCUT2D eigenvalue weighted by atomic mass is 16.1. The fraction of sp³-hybridized carbons (Fsp3) is 0.786. The minimum absolute atomic E-state index is 0.256. The van der Waals surface area contributed by atoms with Crippen molar-refractivity contribution >= 4 is 5.78 Å². The Labute approximate surface area is 93.9 Å². The van der Waals surface area contributed by atoms with Gasteiger partial charge in [0.1, 0.15) is 0 Å². The number of hydrogen-bond donors (Lipinski definition) is 0. The highest BCUT2D eigenvalue weighted by Gasteiger charge is 2.23. The van der Waals surface area contributed by atoms with Gasteiger partial charge in [-0.05, 0) is 31.3 Å². The van der Waals surface area contributed by atoms with E-state index in [1.807, 2.05) is 6.92 Å². The molecule has 1 aliphatic rings. The summed E-state index contributed by atoms with van der Waals surface area (Å²) in [6, 6.07) is 0. The highest BCUT2D eigenvalue weighted by molar-refractivity contribution is 5.97. The molecule has 2 unspecified atom stereocenters. The lowest BCUT2D eigenvalue weighted by Gasteiger charge is -2.23. The van der Waals surface area contributed by atoms with E-state index in [1.165, 1.54) is 32.1 Å². The average Bonchev–Trinajstić information content (AvgIpc) is 2.21. The number of Topliss-reactive ketones (excluding diaryl/α,β-unsaturated/α-hetero) is 1. The molecule has 0 fully saturated rings. The molecule has 0 aromatic carbocycles. The Morgan fingerprint density at radius 1 is 1.33 bits per heavy atom. The van der Waals surface area contributed by atoms with Gasteiger partial charge in [-0.1, -0.05) is 45.6 Å². The van der Waals surface area contributed by atoms with E-state index in [4.69, 9.17) is 0 Å². The maximum absolute atomic E-state index is 11.6. The summed E-state index contributed by atoms with van der Waals surface area (Å²) in [4.78, 5) is 11.6. The van der Waals surface area contributed by atoms with Crippen molar-refractivity contribution in [3.8, 4) is 0 Å². The molecule has 15 heavy (non-hydrogen) atoms. The first kappa shape index (κ1) is 12.5. The summed E-state index contributed by atoms with van der Waals surface area (Å²) in [5.41, 5.74) is 0.995. The van der Waals surface area contributed by atoms with Gasteiger partial charge in [0.2, 0.25) is 0 Å². The Balaban J connectivity index is 2.34. The lowest BCUT2D eigenvalue weighted by Crippen LogP contribution is -2.21. The van der Waals surface area contributed by atoms with Crippen molar-refractivity contribution in [1.82, 2.24) is 0 Å². The maximum Gasteiger partial charge on any atom is 0.161 e. The van der Waals surface area contributed by atoms with Crippen LogP contribution in [0.4, 0.5) is 0 Å². The SMILES string of the molecule is CCCCCCC1C=C(C)C(=O)C(C)C1. The molecule has 1 heteroatoms. The quantitative estimate of drug-likeness (QED) is 0.621. The third-order valence-electron chi connectivity index (χ3n) is 3.41. The molecule has 0 aliphatic heterocycles. The first-order valence-corrected chi connectivity index (χ1v) is 6.37. The first-order chi connectivity index (χ1) is 7.15. The van der Waals surface area contributed by atoms with E-state index in [9.17, 15) is 4.79 Å². The van der Waals surface area contributed by atoms with Crippen molar-refractivity contribution in [1.29, 1.82) is 0 Å². The van der Waals surface area contributed by atoms with Crippen LogP contribution in [-0.2, 0) is 4.79 Å². The molecular formula is C14H24O. The van der Waals surface area contributed by atoms with Crippen LogP contribution in [0.3, 0.4) is 0 Å². The second-order valence-electron chi connectivity index (χ2n) is 4.96. The molecule has 0 amide bonds. The molecule has 2 atom stereocenters. The van der Waals surface area contributed by atoms with Crippen molar-refractivity contribution in [2.75, 3.05) is 0 Å². The van der Waals surface area contributed by atoms with Gasteiger partial charge < -0.3 is 0 Å². The third kappa shape index (κ3) is 3.81. The zero-order chi connectivity index (χ0) is 11.3. The molecule has 0 aromatic heterocycles. The second kappa shape index (κ2) is 6.09. The normalized spacial score (nSPS) is 26.6. The van der Waals surface area contributed by atoms with E-state index in [2.05, 4.69) is 19.9 Å². The molecule has 86 valence electrons. The number of unbranched alkanes of at least 4 members (excludes halogenated alkanes) is 3. The summed E-state index contributed by atoms with van der Waals surface area (Å²) < 4.78 is 0. The summed E-state index contributed by atoms with van der Waals surface area (Å²) in [7, 11) is 0. The zero-order valence-corrected chi connectivity index (χ0v) is 10.4. The summed E-state index contributed by atoms with van der Waals surface area (Å²) >= 11 is 0. The van der Waals surface area contributed by atoms with Crippen LogP contribution in [0, 0.1) is 11.8 Å². The second-order valence-corrected chi connectivity index (χ2v) is 4.96. The zero-order valence-electron chi connectivity index (χ0n) is 10.4. The van der Waals surface area contributed by atoms with Crippen LogP contribution >= 0.6 is 0 Å². The summed E-state index contributed by atoms with van der Waals surface area (Å²) in [5, 5.41) is 0. The van der Waals surface area contributed by atoms with E-state index in [-0.39, 0.29) is 5.92 Å². The molecule has 0 N–H and O–H groups in total. The van der Waals surface area contributed by atoms with Crippen molar-refractivity contribution in [2.45, 2.75) is 59.3 Å². The molecule has 1 aliphatic carbocycles. The maximum atomic E-state index is 11.6. The van der Waals surface area contributed by atoms with Crippen LogP contribution in [0.5, 0.6) is 0 Å². The summed E-state index contributed by atoms with van der Waals surface area (Å²) in [5.74, 6) is 1.28. The average molecular weight is 208 g/mol. The Hall–Kier alpha value is -0.590. The van der Waals surface area contributed by atoms with E-state index >= 15 is 0 Å². The largest absolute Gasteiger partial charge is 0.294 e. The van der Waals surface area contributed by atoms with Gasteiger partial charge in [0.05, 0.1) is 0 Å². The van der Waals surface area contributed by atoms with Gasteiger partial charge in [0, 0.05) is 5.92 Å². The predicted octanol–water partition coefficient (Wildman–Crippen LogP) is 4.13. The Kier molecular flexibility index (Phi) is 5.07. The Morgan fingerprint density at radius 3 is 2.67 bits per heavy atom. The van der Waals surface area contributed by atoms with Gasteiger partial charge in [-0.2, -0.15) is 0 Å². The van der Waals surface area contributed by atoms with Gasteiger partial charge in [0.15, 0.2) is 5.78 Å². The Bertz CT molecular complexity index is 240. The smallest absolute Gasteiger partial charge is 0.161 e. The molecule has 0 saturated heterocycles. The molecule has 1 nitrogen and oxygen atoms in total. The summed E-state index contributed by atoms with van der Waals surface area (Å²) in [6.07, 6.45) is 9.87. The number of allylic oxidation sites excluding steroid dienone is 2. The van der Waals surface area contributed by atoms with Crippen LogP contribution in [-0.4, -0.2) is 5.78 Å². The molecule has 0 saturated carbocycles. The molecule has 0 spiro atoms. The monoisotopic (exact) mass is 208 g/mol. The topological polar surface area (TPSA) is 17.1 Å². The minimum atomic E-state index is 0.256. The number of ketones is 1. The van der Waals surface area contributed by atoms with Gasteiger partial charge >= 0.3 is 0 Å². The van der Waals surface area contributed by atoms with Gasteiger partial charge in [-0.25, -0.2) is 0 Å². The van der Waals surface area contributed by atoms with Crippen molar-refractivity contribution in [3.63, 3.8) is 0 Å². The van der Waals surface area contributed by atoms with Crippen LogP contribution in [0.25, 0.3) is 0 Å². The van der Waals surface area contributed by atoms with E-state index in [0.717, 1.165) is 12.0 Å². The number of carbonyl (C=O) groups excluding carboxylic acids is 1. The van der Waals surface area contributed by atoms with E-state index in [1.54, 1.807) is 0 Å². The fourth-order valence-corrected chi connectivity index (χ4v) is 2.49. The lowest BCUT2D eigenvalue weighted by molar-refractivity contribution is -0.119. The van der Waals surface area contributed by atoms with Gasteiger partial charge in [-0.15, -0.1) is 0 Å². The highest BCUT2D eigenvalue weighted by Crippen LogP contribution is 2.28. The molecule has 1 rings (SSSR count). The van der Waals surface area contributed by atoms with Crippen LogP contribution in [0.2, 0.25) is 0 Å². The molecule has 0 bridgehead atoms. The summed E-state index contributed by atoms with van der Waals surface area (Å²) in [6.45, 7) is 6.28. The molecule has 0 radical (unpaired) electrons. The fourth-order valence-electron chi connectivity index (χ4n) is 2.49. The molecule has 0 heterocycles. The van der Waals surface area contributed by atoms with Crippen LogP contribution in [0.15, 0.2) is 11.6 Å². The molecular weight excluding hydrogens is 184 g/mol. The van der Waals surface area contributed by atoms with E-state index < -0.39 is 0 Å². The first-order valence-electron chi connectivity index (χ1n) is 6.37. The van der Waals surface area contributed by atoms with Gasteiger partial charge in [0.25, 0.3) is 0 Å². The van der Waals surface area contributed by atoms with E-state index in [0.29, 0.717) is 11.7 Å². The third-order valence-corrected chi connectivity index (χ3v) is 3.41.